The Labute approximate surface area is 123 Å². The molecule has 0 saturated carbocycles. The van der Waals surface area contributed by atoms with Gasteiger partial charge in [0.1, 0.15) is 6.04 Å². The summed E-state index contributed by atoms with van der Waals surface area (Å²) < 4.78 is 22.6. The number of benzene rings is 1. The van der Waals surface area contributed by atoms with Crippen molar-refractivity contribution < 1.29 is 23.1 Å². The fourth-order valence-corrected chi connectivity index (χ4v) is 2.18. The van der Waals surface area contributed by atoms with Gasteiger partial charge in [-0.15, -0.1) is 0 Å². The van der Waals surface area contributed by atoms with Gasteiger partial charge in [-0.05, 0) is 24.1 Å². The Balaban J connectivity index is 2.45. The minimum atomic E-state index is -3.23. The average molecular weight is 314 g/mol. The molecule has 1 amide bonds. The molecular weight excluding hydrogens is 296 g/mol. The van der Waals surface area contributed by atoms with E-state index >= 15 is 0 Å². The number of hydrogen-bond acceptors (Lipinski definition) is 5. The van der Waals surface area contributed by atoms with Crippen LogP contribution in [0.3, 0.4) is 0 Å². The zero-order valence-corrected chi connectivity index (χ0v) is 12.4. The average Bonchev–Trinajstić information content (AvgIpc) is 2.41. The number of carboxylic acid groups (broad SMARTS) is 1. The van der Waals surface area contributed by atoms with Gasteiger partial charge in [0.15, 0.2) is 9.84 Å². The van der Waals surface area contributed by atoms with E-state index in [1.54, 1.807) is 12.1 Å². The summed E-state index contributed by atoms with van der Waals surface area (Å²) in [4.78, 5) is 22.2. The van der Waals surface area contributed by atoms with Crippen molar-refractivity contribution in [3.63, 3.8) is 0 Å². The van der Waals surface area contributed by atoms with Crippen LogP contribution >= 0.6 is 0 Å². The van der Waals surface area contributed by atoms with Gasteiger partial charge in [-0.1, -0.05) is 12.1 Å². The molecule has 4 N–H and O–H groups in total. The highest BCUT2D eigenvalue weighted by Gasteiger charge is 2.13. The highest BCUT2D eigenvalue weighted by atomic mass is 32.2. The van der Waals surface area contributed by atoms with E-state index in [1.807, 2.05) is 0 Å². The standard InChI is InChI=1S/C13H18N2O5S/c1-21(19,20)10-4-2-9(3-5-10)8-15-12(16)7-6-11(14)13(17)18/h2-5,11H,6-8,14H2,1H3,(H,15,16)(H,17,18)/t11-/m0/s1. The maximum atomic E-state index is 11.5. The van der Waals surface area contributed by atoms with Gasteiger partial charge in [0, 0.05) is 19.2 Å². The predicted molar refractivity (Wildman–Crippen MR) is 76.2 cm³/mol. The summed E-state index contributed by atoms with van der Waals surface area (Å²) in [6.45, 7) is 0.241. The Morgan fingerprint density at radius 2 is 1.86 bits per heavy atom. The normalized spacial score (nSPS) is 12.7. The number of sulfone groups is 1. The number of amides is 1. The van der Waals surface area contributed by atoms with Crippen LogP contribution in [0.2, 0.25) is 0 Å². The number of carboxylic acids is 1. The molecule has 0 bridgehead atoms. The van der Waals surface area contributed by atoms with Crippen LogP contribution in [0.5, 0.6) is 0 Å². The van der Waals surface area contributed by atoms with E-state index in [4.69, 9.17) is 10.8 Å². The predicted octanol–water partition coefficient (Wildman–Crippen LogP) is -0.102. The molecule has 21 heavy (non-hydrogen) atoms. The number of aliphatic carboxylic acids is 1. The lowest BCUT2D eigenvalue weighted by atomic mass is 10.1. The summed E-state index contributed by atoms with van der Waals surface area (Å²) >= 11 is 0. The Morgan fingerprint density at radius 3 is 2.33 bits per heavy atom. The maximum absolute atomic E-state index is 11.5. The van der Waals surface area contributed by atoms with E-state index < -0.39 is 21.8 Å². The molecule has 0 fully saturated rings. The molecular formula is C13H18N2O5S. The van der Waals surface area contributed by atoms with E-state index in [0.29, 0.717) is 0 Å². The summed E-state index contributed by atoms with van der Waals surface area (Å²) in [5.74, 6) is -1.45. The van der Waals surface area contributed by atoms with Gasteiger partial charge < -0.3 is 16.2 Å². The molecule has 0 unspecified atom stereocenters. The second-order valence-electron chi connectivity index (χ2n) is 4.68. The Morgan fingerprint density at radius 1 is 1.29 bits per heavy atom. The van der Waals surface area contributed by atoms with Crippen molar-refractivity contribution in [3.05, 3.63) is 29.8 Å². The van der Waals surface area contributed by atoms with Crippen molar-refractivity contribution in [2.45, 2.75) is 30.3 Å². The first-order valence-electron chi connectivity index (χ1n) is 6.24. The Bertz CT molecular complexity index is 610. The van der Waals surface area contributed by atoms with Gasteiger partial charge in [0.05, 0.1) is 4.90 Å². The third-order valence-electron chi connectivity index (χ3n) is 2.84. The fraction of sp³-hybridized carbons (Fsp3) is 0.385. The smallest absolute Gasteiger partial charge is 0.320 e. The molecule has 0 heterocycles. The summed E-state index contributed by atoms with van der Waals surface area (Å²) in [5.41, 5.74) is 6.04. The first kappa shape index (κ1) is 17.1. The van der Waals surface area contributed by atoms with Crippen molar-refractivity contribution in [2.75, 3.05) is 6.26 Å². The van der Waals surface area contributed by atoms with Gasteiger partial charge >= 0.3 is 5.97 Å². The zero-order valence-electron chi connectivity index (χ0n) is 11.6. The molecule has 0 saturated heterocycles. The molecule has 8 heteroatoms. The molecule has 7 nitrogen and oxygen atoms in total. The highest BCUT2D eigenvalue weighted by Crippen LogP contribution is 2.10. The molecule has 0 aromatic heterocycles. The molecule has 0 spiro atoms. The van der Waals surface area contributed by atoms with Gasteiger partial charge in [0.2, 0.25) is 5.91 Å². The molecule has 0 aliphatic carbocycles. The van der Waals surface area contributed by atoms with Gasteiger partial charge in [-0.25, -0.2) is 8.42 Å². The number of nitrogens with one attached hydrogen (secondary N) is 1. The molecule has 1 rings (SSSR count). The number of carbonyl (C=O) groups is 2. The molecule has 1 atom stereocenters. The summed E-state index contributed by atoms with van der Waals surface area (Å²) in [7, 11) is -3.23. The number of hydrogen-bond donors (Lipinski definition) is 3. The Hall–Kier alpha value is -1.93. The first-order chi connectivity index (χ1) is 9.70. The van der Waals surface area contributed by atoms with Gasteiger partial charge in [-0.2, -0.15) is 0 Å². The molecule has 1 aromatic carbocycles. The second kappa shape index (κ2) is 7.19. The lowest BCUT2D eigenvalue weighted by Gasteiger charge is -2.08. The van der Waals surface area contributed by atoms with E-state index in [2.05, 4.69) is 5.32 Å². The van der Waals surface area contributed by atoms with Crippen molar-refractivity contribution in [2.24, 2.45) is 5.73 Å². The van der Waals surface area contributed by atoms with Gasteiger partial charge in [-0.3, -0.25) is 9.59 Å². The van der Waals surface area contributed by atoms with Crippen LogP contribution in [0.25, 0.3) is 0 Å². The van der Waals surface area contributed by atoms with Crippen LogP contribution in [-0.4, -0.2) is 37.7 Å². The lowest BCUT2D eigenvalue weighted by molar-refractivity contribution is -0.138. The fourth-order valence-electron chi connectivity index (χ4n) is 1.55. The van der Waals surface area contributed by atoms with Crippen molar-refractivity contribution in [1.82, 2.24) is 5.32 Å². The number of nitrogens with two attached hydrogens (primary N) is 1. The van der Waals surface area contributed by atoms with Crippen LogP contribution in [0.4, 0.5) is 0 Å². The van der Waals surface area contributed by atoms with Gasteiger partial charge in [0.25, 0.3) is 0 Å². The zero-order chi connectivity index (χ0) is 16.0. The molecule has 1 aromatic rings. The van der Waals surface area contributed by atoms with E-state index in [9.17, 15) is 18.0 Å². The minimum Gasteiger partial charge on any atom is -0.480 e. The monoisotopic (exact) mass is 314 g/mol. The second-order valence-corrected chi connectivity index (χ2v) is 6.69. The summed E-state index contributed by atoms with van der Waals surface area (Å²) in [6, 6.07) is 5.11. The van der Waals surface area contributed by atoms with E-state index in [1.165, 1.54) is 12.1 Å². The van der Waals surface area contributed by atoms with Crippen LogP contribution in [0, 0.1) is 0 Å². The largest absolute Gasteiger partial charge is 0.480 e. The molecule has 116 valence electrons. The first-order valence-corrected chi connectivity index (χ1v) is 8.13. The quantitative estimate of drug-likeness (QED) is 0.645. The summed E-state index contributed by atoms with van der Waals surface area (Å²) in [6.07, 6.45) is 1.21. The number of carbonyl (C=O) groups excluding carboxylic acids is 1. The molecule has 0 radical (unpaired) electrons. The molecule has 0 aliphatic heterocycles. The highest BCUT2D eigenvalue weighted by molar-refractivity contribution is 7.90. The SMILES string of the molecule is CS(=O)(=O)c1ccc(CNC(=O)CC[C@H](N)C(=O)O)cc1. The maximum Gasteiger partial charge on any atom is 0.320 e. The third kappa shape index (κ3) is 5.92. The minimum absolute atomic E-state index is 0.0227. The van der Waals surface area contributed by atoms with Crippen molar-refractivity contribution >= 4 is 21.7 Å². The third-order valence-corrected chi connectivity index (χ3v) is 3.97. The lowest BCUT2D eigenvalue weighted by Crippen LogP contribution is -2.32. The summed E-state index contributed by atoms with van der Waals surface area (Å²) in [5, 5.41) is 11.2. The molecule has 0 aliphatic rings. The van der Waals surface area contributed by atoms with Crippen molar-refractivity contribution in [3.8, 4) is 0 Å². The van der Waals surface area contributed by atoms with Crippen LogP contribution in [0.1, 0.15) is 18.4 Å². The van der Waals surface area contributed by atoms with Crippen molar-refractivity contribution in [1.29, 1.82) is 0 Å². The van der Waals surface area contributed by atoms with Crippen LogP contribution in [0.15, 0.2) is 29.2 Å². The topological polar surface area (TPSA) is 127 Å². The van der Waals surface area contributed by atoms with E-state index in [0.717, 1.165) is 11.8 Å². The van der Waals surface area contributed by atoms with Crippen LogP contribution < -0.4 is 11.1 Å². The number of rotatable bonds is 7. The van der Waals surface area contributed by atoms with Crippen LogP contribution in [-0.2, 0) is 26.0 Å². The van der Waals surface area contributed by atoms with E-state index in [-0.39, 0.29) is 30.2 Å². The Kier molecular flexibility index (Phi) is 5.86.